The quantitative estimate of drug-likeness (QED) is 0.684. The normalized spacial score (nSPS) is 10.4. The summed E-state index contributed by atoms with van der Waals surface area (Å²) >= 11 is 5.89. The van der Waals surface area contributed by atoms with Crippen molar-refractivity contribution in [1.82, 2.24) is 4.98 Å². The highest BCUT2D eigenvalue weighted by atomic mass is 35.5. The third-order valence-electron chi connectivity index (χ3n) is 2.63. The maximum absolute atomic E-state index is 5.98. The van der Waals surface area contributed by atoms with Gasteiger partial charge in [-0.1, -0.05) is 11.6 Å². The summed E-state index contributed by atoms with van der Waals surface area (Å²) in [7, 11) is 4.57. The lowest BCUT2D eigenvalue weighted by atomic mass is 10.1. The first-order chi connectivity index (χ1) is 8.63. The molecule has 0 unspecified atom stereocenters. The molecule has 0 spiro atoms. The van der Waals surface area contributed by atoms with E-state index >= 15 is 0 Å². The van der Waals surface area contributed by atoms with E-state index in [1.165, 1.54) is 21.3 Å². The van der Waals surface area contributed by atoms with Gasteiger partial charge in [-0.3, -0.25) is 0 Å². The van der Waals surface area contributed by atoms with E-state index in [1.807, 2.05) is 0 Å². The summed E-state index contributed by atoms with van der Waals surface area (Å²) in [4.78, 5) is 4.22. The summed E-state index contributed by atoms with van der Waals surface area (Å²) in [6.45, 7) is 0. The number of pyridine rings is 1. The second-order valence-electron chi connectivity index (χ2n) is 3.54. The van der Waals surface area contributed by atoms with Crippen LogP contribution in [-0.2, 0) is 0 Å². The molecule has 96 valence electrons. The van der Waals surface area contributed by atoms with Gasteiger partial charge >= 0.3 is 0 Å². The number of methoxy groups -OCH3 is 3. The predicted molar refractivity (Wildman–Crippen MR) is 70.8 cm³/mol. The van der Waals surface area contributed by atoms with Crippen LogP contribution in [-0.4, -0.2) is 26.3 Å². The van der Waals surface area contributed by atoms with Gasteiger partial charge in [0, 0.05) is 0 Å². The second-order valence-corrected chi connectivity index (χ2v) is 3.93. The highest BCUT2D eigenvalue weighted by Gasteiger charge is 2.20. The largest absolute Gasteiger partial charge is 0.492 e. The van der Waals surface area contributed by atoms with Gasteiger partial charge in [-0.05, 0) is 12.1 Å². The average molecular weight is 269 g/mol. The van der Waals surface area contributed by atoms with E-state index in [4.69, 9.17) is 31.5 Å². The highest BCUT2D eigenvalue weighted by molar-refractivity contribution is 6.30. The lowest BCUT2D eigenvalue weighted by Gasteiger charge is -2.16. The molecule has 0 bridgehead atoms. The Labute approximate surface area is 109 Å². The number of nitrogens with zero attached hydrogens (tertiary/aromatic N) is 1. The fraction of sp³-hybridized carbons (Fsp3) is 0.250. The fourth-order valence-electron chi connectivity index (χ4n) is 1.88. The molecule has 0 atom stereocenters. The van der Waals surface area contributed by atoms with Gasteiger partial charge < -0.3 is 19.9 Å². The third kappa shape index (κ3) is 1.76. The van der Waals surface area contributed by atoms with Crippen LogP contribution in [0.5, 0.6) is 17.2 Å². The Morgan fingerprint density at radius 1 is 1.00 bits per heavy atom. The van der Waals surface area contributed by atoms with Crippen molar-refractivity contribution in [2.45, 2.75) is 0 Å². The number of hydrogen-bond donors (Lipinski definition) is 1. The Morgan fingerprint density at radius 2 is 1.61 bits per heavy atom. The Balaban J connectivity index is 2.95. The molecule has 1 aromatic carbocycles. The molecule has 1 aromatic heterocycles. The zero-order chi connectivity index (χ0) is 13.3. The fourth-order valence-corrected chi connectivity index (χ4v) is 2.03. The Morgan fingerprint density at radius 3 is 2.17 bits per heavy atom. The van der Waals surface area contributed by atoms with Crippen LogP contribution in [0.1, 0.15) is 0 Å². The highest BCUT2D eigenvalue weighted by Crippen LogP contribution is 2.47. The maximum Gasteiger partial charge on any atom is 0.188 e. The second kappa shape index (κ2) is 4.78. The molecule has 6 heteroatoms. The van der Waals surface area contributed by atoms with Crippen molar-refractivity contribution >= 4 is 28.2 Å². The molecule has 2 N–H and O–H groups in total. The van der Waals surface area contributed by atoms with Crippen LogP contribution in [0.25, 0.3) is 10.9 Å². The van der Waals surface area contributed by atoms with E-state index in [-0.39, 0.29) is 0 Å². The van der Waals surface area contributed by atoms with Crippen LogP contribution in [0, 0.1) is 0 Å². The number of nitrogens with two attached hydrogens (primary N) is 1. The average Bonchev–Trinajstić information content (AvgIpc) is 2.37. The molecular formula is C12H13ClN2O3. The molecule has 5 nitrogen and oxygen atoms in total. The summed E-state index contributed by atoms with van der Waals surface area (Å²) < 4.78 is 15.9. The van der Waals surface area contributed by atoms with Crippen molar-refractivity contribution in [1.29, 1.82) is 0 Å². The number of ether oxygens (including phenoxy) is 3. The molecule has 0 saturated carbocycles. The van der Waals surface area contributed by atoms with Crippen LogP contribution < -0.4 is 19.9 Å². The minimum absolute atomic E-state index is 0.333. The lowest BCUT2D eigenvalue weighted by molar-refractivity contribution is 0.356. The minimum atomic E-state index is 0.333. The van der Waals surface area contributed by atoms with Crippen LogP contribution in [0.15, 0.2) is 12.1 Å². The molecule has 0 aliphatic carbocycles. The third-order valence-corrected chi connectivity index (χ3v) is 2.84. The number of anilines is 1. The molecule has 0 amide bonds. The number of benzene rings is 1. The zero-order valence-electron chi connectivity index (χ0n) is 10.3. The van der Waals surface area contributed by atoms with Crippen LogP contribution in [0.4, 0.5) is 5.69 Å². The van der Waals surface area contributed by atoms with Crippen molar-refractivity contribution in [3.63, 3.8) is 0 Å². The first-order valence-electron chi connectivity index (χ1n) is 5.17. The number of hydrogen-bond acceptors (Lipinski definition) is 5. The van der Waals surface area contributed by atoms with Crippen molar-refractivity contribution in [3.05, 3.63) is 17.3 Å². The number of fused-ring (bicyclic) bond motifs is 1. The van der Waals surface area contributed by atoms with E-state index in [0.717, 1.165) is 5.39 Å². The van der Waals surface area contributed by atoms with Crippen LogP contribution in [0.3, 0.4) is 0 Å². The Hall–Kier alpha value is -1.88. The molecule has 0 aliphatic rings. The topological polar surface area (TPSA) is 66.6 Å². The Kier molecular flexibility index (Phi) is 3.34. The van der Waals surface area contributed by atoms with Gasteiger partial charge in [0.25, 0.3) is 0 Å². The van der Waals surface area contributed by atoms with E-state index in [1.54, 1.807) is 12.1 Å². The summed E-state index contributed by atoms with van der Waals surface area (Å²) in [6.07, 6.45) is 0. The van der Waals surface area contributed by atoms with Crippen LogP contribution >= 0.6 is 11.6 Å². The van der Waals surface area contributed by atoms with Gasteiger partial charge in [0.1, 0.15) is 16.4 Å². The molecule has 0 fully saturated rings. The first-order valence-corrected chi connectivity index (χ1v) is 5.55. The Bertz CT molecular complexity index is 602. The van der Waals surface area contributed by atoms with Crippen molar-refractivity contribution in [2.75, 3.05) is 27.1 Å². The first kappa shape index (κ1) is 12.6. The van der Waals surface area contributed by atoms with Gasteiger partial charge in [0.2, 0.25) is 0 Å². The zero-order valence-corrected chi connectivity index (χ0v) is 11.0. The number of aromatic nitrogens is 1. The minimum Gasteiger partial charge on any atom is -0.492 e. The van der Waals surface area contributed by atoms with Gasteiger partial charge in [-0.2, -0.15) is 0 Å². The predicted octanol–water partition coefficient (Wildman–Crippen LogP) is 2.50. The van der Waals surface area contributed by atoms with E-state index < -0.39 is 0 Å². The molecule has 0 aliphatic heterocycles. The SMILES string of the molecule is COc1c(N)c(OC)c2nc(Cl)ccc2c1OC. The molecular weight excluding hydrogens is 256 g/mol. The molecule has 2 rings (SSSR count). The van der Waals surface area contributed by atoms with Gasteiger partial charge in [0.05, 0.1) is 26.7 Å². The summed E-state index contributed by atoms with van der Waals surface area (Å²) in [5.74, 6) is 1.35. The van der Waals surface area contributed by atoms with Crippen molar-refractivity contribution in [2.24, 2.45) is 0 Å². The number of halogens is 1. The van der Waals surface area contributed by atoms with Gasteiger partial charge in [-0.25, -0.2) is 4.98 Å². The molecule has 1 heterocycles. The summed E-state index contributed by atoms with van der Waals surface area (Å²) in [5.41, 5.74) is 6.86. The van der Waals surface area contributed by atoms with Crippen molar-refractivity contribution in [3.8, 4) is 17.2 Å². The molecule has 0 saturated heterocycles. The molecule has 18 heavy (non-hydrogen) atoms. The lowest BCUT2D eigenvalue weighted by Crippen LogP contribution is -2.01. The van der Waals surface area contributed by atoms with Crippen molar-refractivity contribution < 1.29 is 14.2 Å². The number of nitrogen functional groups attached to an aromatic ring is 1. The standard InChI is InChI=1S/C12H13ClN2O3/c1-16-10-6-4-5-7(13)15-9(6)11(17-2)8(14)12(10)18-3/h4-5H,14H2,1-3H3. The van der Waals surface area contributed by atoms with E-state index in [9.17, 15) is 0 Å². The van der Waals surface area contributed by atoms with E-state index in [2.05, 4.69) is 4.98 Å². The summed E-state index contributed by atoms with van der Waals surface area (Å²) in [6, 6.07) is 3.45. The monoisotopic (exact) mass is 268 g/mol. The smallest absolute Gasteiger partial charge is 0.188 e. The molecule has 0 radical (unpaired) electrons. The summed E-state index contributed by atoms with van der Waals surface area (Å²) in [5, 5.41) is 1.08. The number of rotatable bonds is 3. The van der Waals surface area contributed by atoms with Crippen LogP contribution in [0.2, 0.25) is 5.15 Å². The van der Waals surface area contributed by atoms with E-state index in [0.29, 0.717) is 33.6 Å². The van der Waals surface area contributed by atoms with Gasteiger partial charge in [0.15, 0.2) is 17.2 Å². The maximum atomic E-state index is 5.98. The van der Waals surface area contributed by atoms with Gasteiger partial charge in [-0.15, -0.1) is 0 Å². The molecule has 2 aromatic rings.